The van der Waals surface area contributed by atoms with Gasteiger partial charge in [0.15, 0.2) is 17.2 Å². The first kappa shape index (κ1) is 21.2. The first-order chi connectivity index (χ1) is 14.8. The molecule has 3 aromatic heterocycles. The molecule has 0 aromatic carbocycles. The molecule has 1 saturated heterocycles. The van der Waals surface area contributed by atoms with E-state index in [2.05, 4.69) is 16.9 Å². The quantitative estimate of drug-likeness (QED) is 0.651. The summed E-state index contributed by atoms with van der Waals surface area (Å²) in [5.74, 6) is -0.170. The van der Waals surface area contributed by atoms with E-state index in [1.807, 2.05) is 31.4 Å². The van der Waals surface area contributed by atoms with Crippen molar-refractivity contribution in [1.82, 2.24) is 24.0 Å². The molecule has 0 unspecified atom stereocenters. The molecule has 3 aromatic rings. The molecule has 0 saturated carbocycles. The summed E-state index contributed by atoms with van der Waals surface area (Å²) in [7, 11) is 0. The number of piperidine rings is 1. The van der Waals surface area contributed by atoms with Gasteiger partial charge in [0.25, 0.3) is 5.91 Å². The normalized spacial score (nSPS) is 16.9. The van der Waals surface area contributed by atoms with Crippen molar-refractivity contribution in [2.75, 3.05) is 13.1 Å². The Hall–Kier alpha value is -3.01. The van der Waals surface area contributed by atoms with Gasteiger partial charge in [0.2, 0.25) is 5.91 Å². The van der Waals surface area contributed by atoms with E-state index < -0.39 is 11.6 Å². The summed E-state index contributed by atoms with van der Waals surface area (Å²) in [4.78, 5) is 50.2. The highest BCUT2D eigenvalue weighted by Crippen LogP contribution is 2.26. The van der Waals surface area contributed by atoms with Crippen LogP contribution < -0.4 is 11.4 Å². The van der Waals surface area contributed by atoms with Crippen LogP contribution >= 0.6 is 11.3 Å². The van der Waals surface area contributed by atoms with Crippen LogP contribution in [0.3, 0.4) is 0 Å². The Morgan fingerprint density at radius 2 is 2.10 bits per heavy atom. The Balaban J connectivity index is 1.89. The second-order valence-electron chi connectivity index (χ2n) is 8.33. The summed E-state index contributed by atoms with van der Waals surface area (Å²) >= 11 is 1.43. The van der Waals surface area contributed by atoms with E-state index in [1.165, 1.54) is 20.5 Å². The van der Waals surface area contributed by atoms with Gasteiger partial charge in [-0.05, 0) is 44.1 Å². The third-order valence-electron chi connectivity index (χ3n) is 5.60. The molecular weight excluding hydrogens is 416 g/mol. The number of carbonyl (C=O) groups excluding carboxylic acids is 2. The van der Waals surface area contributed by atoms with Gasteiger partial charge in [-0.25, -0.2) is 14.8 Å². The Bertz CT molecular complexity index is 1190. The molecule has 0 spiro atoms. The lowest BCUT2D eigenvalue weighted by Gasteiger charge is -2.31. The van der Waals surface area contributed by atoms with Gasteiger partial charge < -0.3 is 10.6 Å². The average Bonchev–Trinajstić information content (AvgIpc) is 3.34. The predicted molar refractivity (Wildman–Crippen MR) is 119 cm³/mol. The van der Waals surface area contributed by atoms with Gasteiger partial charge >= 0.3 is 5.69 Å². The molecule has 1 atom stereocenters. The van der Waals surface area contributed by atoms with Crippen LogP contribution in [0.2, 0.25) is 0 Å². The summed E-state index contributed by atoms with van der Waals surface area (Å²) in [5.41, 5.74) is 5.73. The Labute approximate surface area is 183 Å². The van der Waals surface area contributed by atoms with Gasteiger partial charge in [-0.3, -0.25) is 18.7 Å². The van der Waals surface area contributed by atoms with Crippen molar-refractivity contribution >= 4 is 34.3 Å². The van der Waals surface area contributed by atoms with Crippen LogP contribution in [0.4, 0.5) is 0 Å². The summed E-state index contributed by atoms with van der Waals surface area (Å²) in [6, 6.07) is 3.47. The molecule has 1 aliphatic rings. The number of nitrogens with zero attached hydrogens (tertiary/aromatic N) is 5. The van der Waals surface area contributed by atoms with Crippen LogP contribution in [0.15, 0.2) is 22.3 Å². The summed E-state index contributed by atoms with van der Waals surface area (Å²) in [6.45, 7) is 6.98. The highest BCUT2D eigenvalue weighted by atomic mass is 32.1. The van der Waals surface area contributed by atoms with Gasteiger partial charge in [-0.1, -0.05) is 13.0 Å². The van der Waals surface area contributed by atoms with Crippen molar-refractivity contribution in [3.05, 3.63) is 33.7 Å². The smallest absolute Gasteiger partial charge is 0.331 e. The molecule has 1 fully saturated rings. The first-order valence-electron chi connectivity index (χ1n) is 10.4. The lowest BCUT2D eigenvalue weighted by molar-refractivity contribution is -0.133. The number of thiophene rings is 1. The maximum absolute atomic E-state index is 13.3. The maximum atomic E-state index is 13.3. The third kappa shape index (κ3) is 3.87. The van der Waals surface area contributed by atoms with Crippen molar-refractivity contribution in [2.24, 2.45) is 11.7 Å². The van der Waals surface area contributed by atoms with Crippen LogP contribution in [-0.2, 0) is 11.3 Å². The van der Waals surface area contributed by atoms with Crippen LogP contribution in [-0.4, -0.2) is 48.9 Å². The minimum absolute atomic E-state index is 0.0512. The fourth-order valence-corrected chi connectivity index (χ4v) is 4.78. The van der Waals surface area contributed by atoms with Crippen LogP contribution in [0.25, 0.3) is 21.9 Å². The molecule has 0 bridgehead atoms. The zero-order chi connectivity index (χ0) is 22.3. The number of nitrogens with two attached hydrogens (primary N) is 1. The number of primary amides is 1. The highest BCUT2D eigenvalue weighted by Gasteiger charge is 2.28. The van der Waals surface area contributed by atoms with Gasteiger partial charge in [-0.15, -0.1) is 11.3 Å². The summed E-state index contributed by atoms with van der Waals surface area (Å²) in [5, 5.41) is 1.88. The number of hydrogen-bond acceptors (Lipinski definition) is 6. The Morgan fingerprint density at radius 1 is 1.32 bits per heavy atom. The van der Waals surface area contributed by atoms with Crippen LogP contribution in [0.1, 0.15) is 50.1 Å². The van der Waals surface area contributed by atoms with E-state index in [0.29, 0.717) is 30.5 Å². The molecule has 0 aliphatic carbocycles. The van der Waals surface area contributed by atoms with Crippen molar-refractivity contribution in [1.29, 1.82) is 0 Å². The molecule has 9 nitrogen and oxygen atoms in total. The third-order valence-corrected chi connectivity index (χ3v) is 6.46. The van der Waals surface area contributed by atoms with Crippen LogP contribution in [0.5, 0.6) is 0 Å². The number of imidazole rings is 1. The molecule has 4 rings (SSSR count). The molecule has 0 radical (unpaired) electrons. The molecule has 10 heteroatoms. The van der Waals surface area contributed by atoms with E-state index >= 15 is 0 Å². The molecule has 2 amide bonds. The second-order valence-corrected chi connectivity index (χ2v) is 9.28. The Kier molecular flexibility index (Phi) is 5.65. The number of hydrogen-bond donors (Lipinski definition) is 1. The average molecular weight is 443 g/mol. The highest BCUT2D eigenvalue weighted by molar-refractivity contribution is 7.13. The molecule has 164 valence electrons. The fourth-order valence-electron chi connectivity index (χ4n) is 4.13. The van der Waals surface area contributed by atoms with E-state index in [0.717, 1.165) is 17.7 Å². The number of rotatable bonds is 5. The van der Waals surface area contributed by atoms with Gasteiger partial charge in [0, 0.05) is 19.1 Å². The van der Waals surface area contributed by atoms with Crippen molar-refractivity contribution in [2.45, 2.75) is 46.2 Å². The maximum Gasteiger partial charge on any atom is 0.331 e. The second kappa shape index (κ2) is 8.26. The molecular formula is C21H26N6O3S. The minimum atomic E-state index is -0.765. The Morgan fingerprint density at radius 3 is 2.71 bits per heavy atom. The number of carbonyl (C=O) groups is 2. The number of aromatic nitrogens is 4. The van der Waals surface area contributed by atoms with Gasteiger partial charge in [0.05, 0.1) is 4.88 Å². The minimum Gasteiger partial charge on any atom is -0.364 e. The summed E-state index contributed by atoms with van der Waals surface area (Å²) in [6.07, 6.45) is 2.02. The lowest BCUT2D eigenvalue weighted by atomic mass is 10.0. The number of fused-ring (bicyclic) bond motifs is 1. The van der Waals surface area contributed by atoms with Crippen molar-refractivity contribution < 1.29 is 9.59 Å². The van der Waals surface area contributed by atoms with E-state index in [1.54, 1.807) is 4.90 Å². The standard InChI is InChI=1S/C21H26N6O3S/c1-12(2)27-20-17(16(18(22)29)23-19(24-20)14-7-5-9-31-14)26(21(27)30)11-15(28)25-8-4-6-13(3)10-25/h5,7,9,12-13H,4,6,8,10-11H2,1-3H3,(H2,22,29)/t13-/m1/s1. The number of amides is 2. The molecule has 2 N–H and O–H groups in total. The summed E-state index contributed by atoms with van der Waals surface area (Å²) < 4.78 is 2.79. The van der Waals surface area contributed by atoms with E-state index in [-0.39, 0.29) is 29.7 Å². The van der Waals surface area contributed by atoms with Crippen molar-refractivity contribution in [3.63, 3.8) is 0 Å². The van der Waals surface area contributed by atoms with E-state index in [9.17, 15) is 14.4 Å². The predicted octanol–water partition coefficient (Wildman–Crippen LogP) is 2.26. The molecule has 1 aliphatic heterocycles. The fraction of sp³-hybridized carbons (Fsp3) is 0.476. The first-order valence-corrected chi connectivity index (χ1v) is 11.3. The topological polar surface area (TPSA) is 116 Å². The SMILES string of the molecule is CC(C)n1c(=O)n(CC(=O)N2CCC[C@@H](C)C2)c2c(C(N)=O)nc(-c3cccs3)nc21. The lowest BCUT2D eigenvalue weighted by Crippen LogP contribution is -2.42. The van der Waals surface area contributed by atoms with Gasteiger partial charge in [-0.2, -0.15) is 0 Å². The molecule has 31 heavy (non-hydrogen) atoms. The van der Waals surface area contributed by atoms with Crippen LogP contribution in [0, 0.1) is 5.92 Å². The largest absolute Gasteiger partial charge is 0.364 e. The zero-order valence-corrected chi connectivity index (χ0v) is 18.7. The monoisotopic (exact) mass is 442 g/mol. The van der Waals surface area contributed by atoms with E-state index in [4.69, 9.17) is 5.73 Å². The van der Waals surface area contributed by atoms with Gasteiger partial charge in [0.1, 0.15) is 12.1 Å². The molecule has 4 heterocycles. The van der Waals surface area contributed by atoms with Crippen molar-refractivity contribution in [3.8, 4) is 10.7 Å². The number of likely N-dealkylation sites (tertiary alicyclic amines) is 1. The zero-order valence-electron chi connectivity index (χ0n) is 17.9.